The summed E-state index contributed by atoms with van der Waals surface area (Å²) in [4.78, 5) is 27.5. The largest absolute Gasteiger partial charge is 0.508 e. The number of hydrogen-bond donors (Lipinski definition) is 1. The maximum absolute atomic E-state index is 12.3. The number of aryl methyl sites for hydroxylation is 2. The molecule has 0 unspecified atom stereocenters. The van der Waals surface area contributed by atoms with E-state index >= 15 is 0 Å². The van der Waals surface area contributed by atoms with Crippen LogP contribution in [0.1, 0.15) is 48.5 Å². The second kappa shape index (κ2) is 10.6. The average molecular weight is 507 g/mol. The fourth-order valence-electron chi connectivity index (χ4n) is 4.53. The summed E-state index contributed by atoms with van der Waals surface area (Å²) < 4.78 is 5.98. The van der Waals surface area contributed by atoms with Crippen molar-refractivity contribution in [1.29, 1.82) is 0 Å². The van der Waals surface area contributed by atoms with Crippen molar-refractivity contribution in [1.82, 2.24) is 9.80 Å². The second-order valence-corrected chi connectivity index (χ2v) is 9.90. The van der Waals surface area contributed by atoms with Gasteiger partial charge in [0.05, 0.1) is 0 Å². The van der Waals surface area contributed by atoms with Crippen LogP contribution in [0.5, 0.6) is 11.5 Å². The Labute approximate surface area is 217 Å². The third kappa shape index (κ3) is 5.49. The predicted molar refractivity (Wildman–Crippen MR) is 141 cm³/mol. The van der Waals surface area contributed by atoms with Gasteiger partial charge >= 0.3 is 0 Å². The maximum atomic E-state index is 12.3. The normalized spacial score (nSPS) is 14.6. The first-order valence-electron chi connectivity index (χ1n) is 12.0. The Morgan fingerprint density at radius 2 is 1.36 bits per heavy atom. The van der Waals surface area contributed by atoms with Crippen LogP contribution in [-0.4, -0.2) is 53.9 Å². The lowest BCUT2D eigenvalue weighted by molar-refractivity contribution is 0.0772. The summed E-state index contributed by atoms with van der Waals surface area (Å²) >= 11 is 5.89. The highest BCUT2D eigenvalue weighted by Gasteiger charge is 2.25. The molecular weight excluding hydrogens is 476 g/mol. The van der Waals surface area contributed by atoms with E-state index in [2.05, 4.69) is 0 Å². The fraction of sp³-hybridized carbons (Fsp3) is 0.310. The van der Waals surface area contributed by atoms with Gasteiger partial charge in [0, 0.05) is 54.5 Å². The van der Waals surface area contributed by atoms with Gasteiger partial charge in [-0.15, -0.1) is 0 Å². The van der Waals surface area contributed by atoms with Crippen molar-refractivity contribution < 1.29 is 19.4 Å². The first-order chi connectivity index (χ1) is 17.1. The fourth-order valence-corrected chi connectivity index (χ4v) is 4.65. The Morgan fingerprint density at radius 1 is 0.833 bits per heavy atom. The number of halogens is 1. The lowest BCUT2D eigenvalue weighted by Crippen LogP contribution is -2.34. The molecule has 6 nitrogen and oxygen atoms in total. The highest BCUT2D eigenvalue weighted by molar-refractivity contribution is 6.30. The third-order valence-corrected chi connectivity index (χ3v) is 6.83. The van der Waals surface area contributed by atoms with Gasteiger partial charge in [0.15, 0.2) is 0 Å². The second-order valence-electron chi connectivity index (χ2n) is 9.47. The standard InChI is InChI=1S/C18H18ClNO2.C11H13NO2/c1-12-9-16-15(7-8-20(2)18(16)21)17(10-12)22-11-13-3-5-14(19)6-4-13;1-7-5-9-8(10(13)6-7)3-4-12(2)11(9)14/h3-6,9-10H,7-8,11H2,1-2H3;5-6,13H,3-4H2,1-2H3. The molecule has 36 heavy (non-hydrogen) atoms. The van der Waals surface area contributed by atoms with Crippen molar-refractivity contribution >= 4 is 23.4 Å². The van der Waals surface area contributed by atoms with Crippen LogP contribution in [-0.2, 0) is 19.4 Å². The highest BCUT2D eigenvalue weighted by atomic mass is 35.5. The molecule has 0 bridgehead atoms. The molecule has 3 aromatic rings. The monoisotopic (exact) mass is 506 g/mol. The van der Waals surface area contributed by atoms with Crippen LogP contribution < -0.4 is 4.74 Å². The van der Waals surface area contributed by atoms with Crippen molar-refractivity contribution in [3.63, 3.8) is 0 Å². The number of aromatic hydroxyl groups is 1. The lowest BCUT2D eigenvalue weighted by Gasteiger charge is -2.27. The number of phenols is 1. The van der Waals surface area contributed by atoms with E-state index in [1.54, 1.807) is 22.9 Å². The van der Waals surface area contributed by atoms with Crippen LogP contribution in [0.4, 0.5) is 0 Å². The Morgan fingerprint density at radius 3 is 1.97 bits per heavy atom. The zero-order valence-electron chi connectivity index (χ0n) is 21.1. The van der Waals surface area contributed by atoms with Gasteiger partial charge in [-0.1, -0.05) is 23.7 Å². The average Bonchev–Trinajstić information content (AvgIpc) is 2.84. The number of carbonyl (C=O) groups is 2. The van der Waals surface area contributed by atoms with Crippen LogP contribution in [0.15, 0.2) is 48.5 Å². The van der Waals surface area contributed by atoms with Gasteiger partial charge < -0.3 is 19.6 Å². The predicted octanol–water partition coefficient (Wildman–Crippen LogP) is 5.18. The molecule has 0 aromatic heterocycles. The molecule has 2 aliphatic heterocycles. The number of rotatable bonds is 3. The molecule has 3 aromatic carbocycles. The number of nitrogens with zero attached hydrogens (tertiary/aromatic N) is 2. The number of ether oxygens (including phenoxy) is 1. The van der Waals surface area contributed by atoms with Gasteiger partial charge in [-0.25, -0.2) is 0 Å². The van der Waals surface area contributed by atoms with Gasteiger partial charge in [0.2, 0.25) is 0 Å². The third-order valence-electron chi connectivity index (χ3n) is 6.58. The molecule has 0 atom stereocenters. The topological polar surface area (TPSA) is 70.1 Å². The highest BCUT2D eigenvalue weighted by Crippen LogP contribution is 2.30. The van der Waals surface area contributed by atoms with Crippen LogP contribution >= 0.6 is 11.6 Å². The zero-order chi connectivity index (χ0) is 26.0. The van der Waals surface area contributed by atoms with Crippen molar-refractivity contribution in [2.75, 3.05) is 27.2 Å². The summed E-state index contributed by atoms with van der Waals surface area (Å²) in [5, 5.41) is 10.4. The molecule has 1 N–H and O–H groups in total. The Hall–Kier alpha value is -3.51. The molecule has 0 spiro atoms. The van der Waals surface area contributed by atoms with E-state index < -0.39 is 0 Å². The van der Waals surface area contributed by atoms with Crippen LogP contribution in [0.2, 0.25) is 5.02 Å². The molecule has 2 aliphatic rings. The lowest BCUT2D eigenvalue weighted by atomic mass is 9.96. The Bertz CT molecular complexity index is 1300. The van der Waals surface area contributed by atoms with Crippen molar-refractivity contribution in [3.05, 3.63) is 92.5 Å². The minimum atomic E-state index is 0.00486. The molecule has 188 valence electrons. The Kier molecular flexibility index (Phi) is 7.55. The number of likely N-dealkylation sites (N-methyl/N-ethyl adjacent to an activating group) is 2. The Balaban J connectivity index is 0.000000187. The molecule has 0 saturated heterocycles. The van der Waals surface area contributed by atoms with Gasteiger partial charge in [-0.05, 0) is 79.8 Å². The van der Waals surface area contributed by atoms with Crippen LogP contribution in [0, 0.1) is 13.8 Å². The summed E-state index contributed by atoms with van der Waals surface area (Å²) in [5.41, 5.74) is 6.23. The molecule has 7 heteroatoms. The molecule has 5 rings (SSSR count). The summed E-state index contributed by atoms with van der Waals surface area (Å²) in [6.07, 6.45) is 1.57. The summed E-state index contributed by atoms with van der Waals surface area (Å²) in [7, 11) is 3.62. The number of amides is 2. The molecule has 0 radical (unpaired) electrons. The minimum Gasteiger partial charge on any atom is -0.508 e. The van der Waals surface area contributed by atoms with Crippen molar-refractivity contribution in [2.24, 2.45) is 0 Å². The van der Waals surface area contributed by atoms with E-state index in [9.17, 15) is 14.7 Å². The van der Waals surface area contributed by atoms with E-state index in [-0.39, 0.29) is 17.6 Å². The smallest absolute Gasteiger partial charge is 0.254 e. The summed E-state index contributed by atoms with van der Waals surface area (Å²) in [5.74, 6) is 1.14. The van der Waals surface area contributed by atoms with Gasteiger partial charge in [0.25, 0.3) is 11.8 Å². The number of carbonyl (C=O) groups excluding carboxylic acids is 2. The maximum Gasteiger partial charge on any atom is 0.254 e. The van der Waals surface area contributed by atoms with E-state index in [4.69, 9.17) is 16.3 Å². The number of fused-ring (bicyclic) bond motifs is 2. The zero-order valence-corrected chi connectivity index (χ0v) is 21.9. The van der Waals surface area contributed by atoms with Gasteiger partial charge in [-0.2, -0.15) is 0 Å². The van der Waals surface area contributed by atoms with E-state index in [1.807, 2.05) is 63.4 Å². The molecular formula is C29H31ClN2O4. The number of benzene rings is 3. The molecule has 0 saturated carbocycles. The SMILES string of the molecule is Cc1cc(O)c2c(c1)C(=O)N(C)CC2.Cc1cc(OCc2ccc(Cl)cc2)c2c(c1)C(=O)N(C)CC2. The minimum absolute atomic E-state index is 0.00486. The van der Waals surface area contributed by atoms with Crippen molar-refractivity contribution in [2.45, 2.75) is 33.3 Å². The molecule has 2 amide bonds. The molecule has 0 aliphatic carbocycles. The number of phenolic OH excluding ortho intramolecular Hbond substituents is 1. The number of hydrogen-bond acceptors (Lipinski definition) is 4. The summed E-state index contributed by atoms with van der Waals surface area (Å²) in [6.45, 7) is 5.74. The van der Waals surface area contributed by atoms with Crippen LogP contribution in [0.25, 0.3) is 0 Å². The first kappa shape index (κ1) is 25.6. The van der Waals surface area contributed by atoms with E-state index in [0.29, 0.717) is 23.7 Å². The van der Waals surface area contributed by atoms with Gasteiger partial charge in [-0.3, -0.25) is 9.59 Å². The van der Waals surface area contributed by atoms with E-state index in [0.717, 1.165) is 58.5 Å². The quantitative estimate of drug-likeness (QED) is 0.531. The van der Waals surface area contributed by atoms with Gasteiger partial charge in [0.1, 0.15) is 18.1 Å². The molecule has 0 fully saturated rings. The van der Waals surface area contributed by atoms with Crippen LogP contribution in [0.3, 0.4) is 0 Å². The van der Waals surface area contributed by atoms with E-state index in [1.165, 1.54) is 0 Å². The molecule has 2 heterocycles. The summed E-state index contributed by atoms with van der Waals surface area (Å²) in [6, 6.07) is 15.1. The first-order valence-corrected chi connectivity index (χ1v) is 12.4. The van der Waals surface area contributed by atoms with Crippen molar-refractivity contribution in [3.8, 4) is 11.5 Å².